The lowest BCUT2D eigenvalue weighted by Gasteiger charge is -2.34. The van der Waals surface area contributed by atoms with Gasteiger partial charge in [-0.1, -0.05) is 0 Å². The van der Waals surface area contributed by atoms with Gasteiger partial charge >= 0.3 is 5.97 Å². The van der Waals surface area contributed by atoms with Crippen LogP contribution in [0.2, 0.25) is 0 Å². The van der Waals surface area contributed by atoms with Crippen LogP contribution in [0.15, 0.2) is 41.0 Å². The number of benzene rings is 1. The number of furan rings is 1. The summed E-state index contributed by atoms with van der Waals surface area (Å²) in [5.74, 6) is 0.205. The van der Waals surface area contributed by atoms with E-state index in [2.05, 4.69) is 10.3 Å². The number of hydrogen-bond donors (Lipinski definition) is 3. The molecule has 1 aliphatic rings. The summed E-state index contributed by atoms with van der Waals surface area (Å²) in [7, 11) is 1.36. The molecule has 6 heteroatoms. The van der Waals surface area contributed by atoms with Crippen molar-refractivity contribution in [2.24, 2.45) is 0 Å². The first-order chi connectivity index (χ1) is 11.2. The average Bonchev–Trinajstić information content (AvgIpc) is 3.21. The Morgan fingerprint density at radius 1 is 1.39 bits per heavy atom. The third-order valence-corrected chi connectivity index (χ3v) is 4.41. The number of carbonyl (C=O) groups excluding carboxylic acids is 1. The maximum Gasteiger partial charge on any atom is 0.340 e. The molecule has 0 saturated carbocycles. The summed E-state index contributed by atoms with van der Waals surface area (Å²) in [6.07, 6.45) is 2.30. The summed E-state index contributed by atoms with van der Waals surface area (Å²) in [6, 6.07) is 8.64. The zero-order valence-electron chi connectivity index (χ0n) is 12.6. The summed E-state index contributed by atoms with van der Waals surface area (Å²) in [5, 5.41) is 14.0. The Morgan fingerprint density at radius 2 is 2.26 bits per heavy atom. The van der Waals surface area contributed by atoms with Crippen LogP contribution in [0.5, 0.6) is 5.75 Å². The highest BCUT2D eigenvalue weighted by molar-refractivity contribution is 5.93. The molecule has 0 aliphatic carbocycles. The molecule has 0 amide bonds. The van der Waals surface area contributed by atoms with Crippen molar-refractivity contribution in [3.63, 3.8) is 0 Å². The maximum atomic E-state index is 12.7. The first kappa shape index (κ1) is 13.9. The Labute approximate surface area is 132 Å². The van der Waals surface area contributed by atoms with Crippen molar-refractivity contribution in [2.75, 3.05) is 13.7 Å². The van der Waals surface area contributed by atoms with E-state index in [1.165, 1.54) is 13.4 Å². The summed E-state index contributed by atoms with van der Waals surface area (Å²) in [4.78, 5) is 15.9. The summed E-state index contributed by atoms with van der Waals surface area (Å²) >= 11 is 0. The van der Waals surface area contributed by atoms with E-state index in [4.69, 9.17) is 9.15 Å². The Balaban J connectivity index is 2.04. The predicted octanol–water partition coefficient (Wildman–Crippen LogP) is 2.03. The maximum absolute atomic E-state index is 12.7. The van der Waals surface area contributed by atoms with Gasteiger partial charge in [-0.25, -0.2) is 4.79 Å². The number of nitrogens with one attached hydrogen (secondary N) is 2. The number of aromatic amines is 1. The monoisotopic (exact) mass is 312 g/mol. The third-order valence-electron chi connectivity index (χ3n) is 4.41. The Kier molecular flexibility index (Phi) is 2.96. The van der Waals surface area contributed by atoms with Crippen molar-refractivity contribution in [1.82, 2.24) is 10.3 Å². The molecule has 0 fully saturated rings. The number of hydrogen-bond acceptors (Lipinski definition) is 5. The smallest absolute Gasteiger partial charge is 0.340 e. The van der Waals surface area contributed by atoms with E-state index in [9.17, 15) is 9.90 Å². The molecule has 0 spiro atoms. The van der Waals surface area contributed by atoms with Gasteiger partial charge in [0.15, 0.2) is 0 Å². The largest absolute Gasteiger partial charge is 0.508 e. The Hall–Kier alpha value is -2.73. The van der Waals surface area contributed by atoms with Gasteiger partial charge in [0.25, 0.3) is 0 Å². The third kappa shape index (κ3) is 1.82. The number of phenolic OH excluding ortho intramolecular Hbond substituents is 1. The molecule has 1 aromatic carbocycles. The van der Waals surface area contributed by atoms with Crippen molar-refractivity contribution >= 4 is 16.9 Å². The number of carbonyl (C=O) groups is 1. The second-order valence-corrected chi connectivity index (χ2v) is 5.60. The first-order valence-corrected chi connectivity index (χ1v) is 7.38. The lowest BCUT2D eigenvalue weighted by atomic mass is 9.84. The van der Waals surface area contributed by atoms with Gasteiger partial charge < -0.3 is 19.2 Å². The molecule has 2 aromatic heterocycles. The minimum absolute atomic E-state index is 0.172. The fourth-order valence-corrected chi connectivity index (χ4v) is 3.42. The van der Waals surface area contributed by atoms with Crippen molar-refractivity contribution in [2.45, 2.75) is 12.0 Å². The highest BCUT2D eigenvalue weighted by Crippen LogP contribution is 2.39. The molecule has 118 valence electrons. The molecule has 0 radical (unpaired) electrons. The Bertz CT molecular complexity index is 882. The van der Waals surface area contributed by atoms with Crippen molar-refractivity contribution < 1.29 is 19.1 Å². The van der Waals surface area contributed by atoms with Crippen LogP contribution < -0.4 is 5.32 Å². The number of H-pyrrole nitrogens is 1. The number of aromatic nitrogens is 1. The summed E-state index contributed by atoms with van der Waals surface area (Å²) in [6.45, 7) is 0.608. The molecule has 3 aromatic rings. The number of methoxy groups -OCH3 is 1. The first-order valence-electron chi connectivity index (χ1n) is 7.38. The Morgan fingerprint density at radius 3 is 3.00 bits per heavy atom. The average molecular weight is 312 g/mol. The topological polar surface area (TPSA) is 87.5 Å². The van der Waals surface area contributed by atoms with E-state index >= 15 is 0 Å². The van der Waals surface area contributed by atoms with Gasteiger partial charge in [0.2, 0.25) is 5.54 Å². The molecular weight excluding hydrogens is 296 g/mol. The summed E-state index contributed by atoms with van der Waals surface area (Å²) < 4.78 is 10.6. The molecule has 0 bridgehead atoms. The number of phenols is 1. The van der Waals surface area contributed by atoms with E-state index in [1.54, 1.807) is 24.3 Å². The van der Waals surface area contributed by atoms with E-state index in [0.717, 1.165) is 22.9 Å². The highest BCUT2D eigenvalue weighted by Gasteiger charge is 2.50. The number of rotatable bonds is 2. The van der Waals surface area contributed by atoms with Crippen LogP contribution >= 0.6 is 0 Å². The normalized spacial score (nSPS) is 20.4. The van der Waals surface area contributed by atoms with Crippen LogP contribution in [0.25, 0.3) is 10.9 Å². The molecule has 23 heavy (non-hydrogen) atoms. The van der Waals surface area contributed by atoms with Gasteiger partial charge in [0.1, 0.15) is 11.5 Å². The molecule has 1 aliphatic heterocycles. The van der Waals surface area contributed by atoms with Crippen LogP contribution in [0.3, 0.4) is 0 Å². The lowest BCUT2D eigenvalue weighted by molar-refractivity contribution is -0.148. The second-order valence-electron chi connectivity index (χ2n) is 5.60. The van der Waals surface area contributed by atoms with Gasteiger partial charge in [-0.05, 0) is 36.2 Å². The predicted molar refractivity (Wildman–Crippen MR) is 83.2 cm³/mol. The van der Waals surface area contributed by atoms with E-state index in [-0.39, 0.29) is 5.75 Å². The van der Waals surface area contributed by atoms with Gasteiger partial charge in [0.05, 0.1) is 19.1 Å². The molecule has 1 unspecified atom stereocenters. The van der Waals surface area contributed by atoms with E-state index < -0.39 is 11.5 Å². The molecule has 0 saturated heterocycles. The second kappa shape index (κ2) is 4.89. The summed E-state index contributed by atoms with van der Waals surface area (Å²) in [5.41, 5.74) is 1.30. The quantitative estimate of drug-likeness (QED) is 0.630. The molecule has 3 heterocycles. The number of esters is 1. The number of fused-ring (bicyclic) bond motifs is 3. The van der Waals surface area contributed by atoms with Crippen LogP contribution in [-0.2, 0) is 21.5 Å². The standard InChI is InChI=1S/C17H16N2O4/c1-22-16(21)17(14-3-2-8-23-14)15-12(6-7-18-17)11-5-4-10(20)9-13(11)19-15/h2-5,8-9,18-20H,6-7H2,1H3. The van der Waals surface area contributed by atoms with Crippen molar-refractivity contribution in [3.05, 3.63) is 53.6 Å². The van der Waals surface area contributed by atoms with Crippen LogP contribution in [0.1, 0.15) is 17.0 Å². The zero-order chi connectivity index (χ0) is 16.0. The zero-order valence-corrected chi connectivity index (χ0v) is 12.6. The molecule has 4 rings (SSSR count). The van der Waals surface area contributed by atoms with E-state index in [0.29, 0.717) is 18.0 Å². The van der Waals surface area contributed by atoms with Gasteiger partial charge in [-0.2, -0.15) is 0 Å². The van der Waals surface area contributed by atoms with Crippen LogP contribution in [-0.4, -0.2) is 29.7 Å². The fourth-order valence-electron chi connectivity index (χ4n) is 3.42. The number of aromatic hydroxyl groups is 1. The van der Waals surface area contributed by atoms with Crippen molar-refractivity contribution in [3.8, 4) is 5.75 Å². The van der Waals surface area contributed by atoms with Gasteiger partial charge in [-0.15, -0.1) is 0 Å². The molecule has 3 N–H and O–H groups in total. The molecular formula is C17H16N2O4. The van der Waals surface area contributed by atoms with E-state index in [1.807, 2.05) is 6.07 Å². The SMILES string of the molecule is COC(=O)C1(c2ccco2)NCCc2c1[nH]c1cc(O)ccc21. The highest BCUT2D eigenvalue weighted by atomic mass is 16.5. The molecule has 1 atom stereocenters. The minimum atomic E-state index is -1.21. The van der Waals surface area contributed by atoms with Crippen LogP contribution in [0, 0.1) is 0 Å². The van der Waals surface area contributed by atoms with Crippen LogP contribution in [0.4, 0.5) is 0 Å². The van der Waals surface area contributed by atoms with Gasteiger partial charge in [-0.3, -0.25) is 5.32 Å². The van der Waals surface area contributed by atoms with Gasteiger partial charge in [0, 0.05) is 23.5 Å². The molecule has 6 nitrogen and oxygen atoms in total. The van der Waals surface area contributed by atoms with Crippen molar-refractivity contribution in [1.29, 1.82) is 0 Å². The minimum Gasteiger partial charge on any atom is -0.508 e. The number of ether oxygens (including phenoxy) is 1. The fraction of sp³-hybridized carbons (Fsp3) is 0.235. The lowest BCUT2D eigenvalue weighted by Crippen LogP contribution is -2.54.